The summed E-state index contributed by atoms with van der Waals surface area (Å²) >= 11 is 0. The number of ether oxygens (including phenoxy) is 1. The second-order valence-corrected chi connectivity index (χ2v) is 4.86. The second kappa shape index (κ2) is 6.83. The van der Waals surface area contributed by atoms with Gasteiger partial charge in [-0.15, -0.1) is 0 Å². The van der Waals surface area contributed by atoms with Crippen molar-refractivity contribution in [2.45, 2.75) is 12.5 Å². The van der Waals surface area contributed by atoms with Crippen molar-refractivity contribution >= 4 is 0 Å². The van der Waals surface area contributed by atoms with Crippen LogP contribution in [0.15, 0.2) is 24.3 Å². The highest BCUT2D eigenvalue weighted by molar-refractivity contribution is 5.16. The fourth-order valence-corrected chi connectivity index (χ4v) is 2.18. The van der Waals surface area contributed by atoms with E-state index >= 15 is 0 Å². The topological polar surface area (TPSA) is 24.5 Å². The predicted molar refractivity (Wildman–Crippen MR) is 70.2 cm³/mol. The molecule has 1 N–H and O–H groups in total. The summed E-state index contributed by atoms with van der Waals surface area (Å²) in [4.78, 5) is 2.29. The van der Waals surface area contributed by atoms with Gasteiger partial charge < -0.3 is 15.0 Å². The van der Waals surface area contributed by atoms with Crippen LogP contribution in [0.3, 0.4) is 0 Å². The van der Waals surface area contributed by atoms with Crippen molar-refractivity contribution in [3.05, 3.63) is 35.6 Å². The van der Waals surface area contributed by atoms with Gasteiger partial charge in [0, 0.05) is 25.7 Å². The van der Waals surface area contributed by atoms with E-state index in [4.69, 9.17) is 4.74 Å². The third-order valence-corrected chi connectivity index (χ3v) is 3.23. The fourth-order valence-electron chi connectivity index (χ4n) is 2.18. The molecule has 1 unspecified atom stereocenters. The largest absolute Gasteiger partial charge is 0.378 e. The zero-order chi connectivity index (χ0) is 12.8. The van der Waals surface area contributed by atoms with Gasteiger partial charge in [-0.2, -0.15) is 0 Å². The van der Waals surface area contributed by atoms with E-state index < -0.39 is 0 Å². The molecule has 18 heavy (non-hydrogen) atoms. The monoisotopic (exact) mass is 252 g/mol. The summed E-state index contributed by atoms with van der Waals surface area (Å²) in [7, 11) is 2.11. The maximum atomic E-state index is 12.8. The molecule has 0 aromatic heterocycles. The van der Waals surface area contributed by atoms with Crippen LogP contribution >= 0.6 is 0 Å². The van der Waals surface area contributed by atoms with Gasteiger partial charge in [-0.05, 0) is 31.2 Å². The Morgan fingerprint density at radius 2 is 2.17 bits per heavy atom. The van der Waals surface area contributed by atoms with Crippen LogP contribution in [-0.2, 0) is 11.2 Å². The number of hydrogen-bond donors (Lipinski definition) is 1. The van der Waals surface area contributed by atoms with Gasteiger partial charge in [-0.3, -0.25) is 0 Å². The standard InChI is InChI=1S/C14H21FN2O/c1-17(10-14-11-18-9-7-16-14)8-6-12-2-4-13(15)5-3-12/h2-5,14,16H,6-11H2,1H3. The molecule has 1 atom stereocenters. The molecule has 1 aliphatic heterocycles. The number of likely N-dealkylation sites (N-methyl/N-ethyl adjacent to an activating group) is 1. The lowest BCUT2D eigenvalue weighted by atomic mass is 10.1. The first-order valence-electron chi connectivity index (χ1n) is 6.48. The smallest absolute Gasteiger partial charge is 0.123 e. The van der Waals surface area contributed by atoms with Crippen molar-refractivity contribution in [1.82, 2.24) is 10.2 Å². The molecule has 1 aromatic rings. The lowest BCUT2D eigenvalue weighted by Crippen LogP contribution is -2.47. The molecule has 0 radical (unpaired) electrons. The maximum absolute atomic E-state index is 12.8. The van der Waals surface area contributed by atoms with Crippen LogP contribution in [-0.4, -0.2) is 50.8 Å². The minimum atomic E-state index is -0.171. The molecular formula is C14H21FN2O. The van der Waals surface area contributed by atoms with Crippen molar-refractivity contribution in [2.75, 3.05) is 39.9 Å². The van der Waals surface area contributed by atoms with Gasteiger partial charge in [0.05, 0.1) is 13.2 Å². The zero-order valence-corrected chi connectivity index (χ0v) is 10.9. The summed E-state index contributed by atoms with van der Waals surface area (Å²) in [6.45, 7) is 4.51. The minimum Gasteiger partial charge on any atom is -0.378 e. The van der Waals surface area contributed by atoms with Crippen LogP contribution < -0.4 is 5.32 Å². The third kappa shape index (κ3) is 4.37. The SMILES string of the molecule is CN(CCc1ccc(F)cc1)CC1COCCN1. The molecule has 4 heteroatoms. The average molecular weight is 252 g/mol. The van der Waals surface area contributed by atoms with E-state index in [1.54, 1.807) is 0 Å². The van der Waals surface area contributed by atoms with Crippen LogP contribution in [0.1, 0.15) is 5.56 Å². The van der Waals surface area contributed by atoms with Crippen LogP contribution in [0.2, 0.25) is 0 Å². The van der Waals surface area contributed by atoms with E-state index in [0.717, 1.165) is 39.3 Å². The van der Waals surface area contributed by atoms with E-state index in [9.17, 15) is 4.39 Å². The Morgan fingerprint density at radius 1 is 1.39 bits per heavy atom. The lowest BCUT2D eigenvalue weighted by molar-refractivity contribution is 0.0655. The summed E-state index contributed by atoms with van der Waals surface area (Å²) in [6.07, 6.45) is 0.949. The van der Waals surface area contributed by atoms with Crippen molar-refractivity contribution in [2.24, 2.45) is 0 Å². The van der Waals surface area contributed by atoms with Gasteiger partial charge in [0.1, 0.15) is 5.82 Å². The Kier molecular flexibility index (Phi) is 5.11. The molecule has 2 rings (SSSR count). The molecule has 1 fully saturated rings. The number of rotatable bonds is 5. The normalized spacial score (nSPS) is 20.3. The van der Waals surface area contributed by atoms with Crippen LogP contribution in [0.25, 0.3) is 0 Å². The van der Waals surface area contributed by atoms with Gasteiger partial charge in [0.15, 0.2) is 0 Å². The maximum Gasteiger partial charge on any atom is 0.123 e. The van der Waals surface area contributed by atoms with Crippen LogP contribution in [0.5, 0.6) is 0 Å². The number of hydrogen-bond acceptors (Lipinski definition) is 3. The summed E-state index contributed by atoms with van der Waals surface area (Å²) in [5, 5.41) is 3.44. The van der Waals surface area contributed by atoms with E-state index in [1.165, 1.54) is 17.7 Å². The Balaban J connectivity index is 1.70. The van der Waals surface area contributed by atoms with Gasteiger partial charge >= 0.3 is 0 Å². The van der Waals surface area contributed by atoms with Crippen molar-refractivity contribution < 1.29 is 9.13 Å². The quantitative estimate of drug-likeness (QED) is 0.854. The highest BCUT2D eigenvalue weighted by Crippen LogP contribution is 2.04. The van der Waals surface area contributed by atoms with Crippen molar-refractivity contribution in [1.29, 1.82) is 0 Å². The first-order chi connectivity index (χ1) is 8.74. The molecule has 1 heterocycles. The first kappa shape index (κ1) is 13.5. The number of halogens is 1. The fraction of sp³-hybridized carbons (Fsp3) is 0.571. The molecule has 3 nitrogen and oxygen atoms in total. The van der Waals surface area contributed by atoms with Gasteiger partial charge in [-0.25, -0.2) is 4.39 Å². The Labute approximate surface area is 108 Å². The number of morpholine rings is 1. The molecule has 1 aliphatic rings. The molecular weight excluding hydrogens is 231 g/mol. The van der Waals surface area contributed by atoms with Gasteiger partial charge in [0.2, 0.25) is 0 Å². The first-order valence-corrected chi connectivity index (χ1v) is 6.48. The molecule has 0 amide bonds. The molecule has 0 saturated carbocycles. The van der Waals surface area contributed by atoms with Crippen LogP contribution in [0.4, 0.5) is 4.39 Å². The second-order valence-electron chi connectivity index (χ2n) is 4.86. The number of benzene rings is 1. The molecule has 0 bridgehead atoms. The van der Waals surface area contributed by atoms with E-state index in [0.29, 0.717) is 6.04 Å². The van der Waals surface area contributed by atoms with Crippen LogP contribution in [0, 0.1) is 5.82 Å². The summed E-state index contributed by atoms with van der Waals surface area (Å²) in [5.74, 6) is -0.171. The van der Waals surface area contributed by atoms with E-state index in [-0.39, 0.29) is 5.82 Å². The summed E-state index contributed by atoms with van der Waals surface area (Å²) in [6, 6.07) is 7.17. The highest BCUT2D eigenvalue weighted by atomic mass is 19.1. The average Bonchev–Trinajstić information content (AvgIpc) is 2.39. The predicted octanol–water partition coefficient (Wildman–Crippen LogP) is 1.29. The molecule has 0 spiro atoms. The highest BCUT2D eigenvalue weighted by Gasteiger charge is 2.14. The van der Waals surface area contributed by atoms with Gasteiger partial charge in [-0.1, -0.05) is 12.1 Å². The summed E-state index contributed by atoms with van der Waals surface area (Å²) in [5.41, 5.74) is 1.18. The third-order valence-electron chi connectivity index (χ3n) is 3.23. The van der Waals surface area contributed by atoms with E-state index in [2.05, 4.69) is 17.3 Å². The molecule has 100 valence electrons. The number of nitrogens with one attached hydrogen (secondary N) is 1. The van der Waals surface area contributed by atoms with Crippen molar-refractivity contribution in [3.63, 3.8) is 0 Å². The lowest BCUT2D eigenvalue weighted by Gasteiger charge is -2.28. The zero-order valence-electron chi connectivity index (χ0n) is 10.9. The Morgan fingerprint density at radius 3 is 2.83 bits per heavy atom. The van der Waals surface area contributed by atoms with Gasteiger partial charge in [0.25, 0.3) is 0 Å². The van der Waals surface area contributed by atoms with Crippen molar-refractivity contribution in [3.8, 4) is 0 Å². The Bertz CT molecular complexity index is 349. The molecule has 1 saturated heterocycles. The Hall–Kier alpha value is -0.970. The van der Waals surface area contributed by atoms with E-state index in [1.807, 2.05) is 12.1 Å². The molecule has 0 aliphatic carbocycles. The molecule has 1 aromatic carbocycles. The minimum absolute atomic E-state index is 0.171. The number of nitrogens with zero attached hydrogens (tertiary/aromatic N) is 1. The summed E-state index contributed by atoms with van der Waals surface area (Å²) < 4.78 is 18.2.